The minimum atomic E-state index is -2.37. The third kappa shape index (κ3) is 4.45. The lowest BCUT2D eigenvalue weighted by Crippen LogP contribution is -2.13. The van der Waals surface area contributed by atoms with Gasteiger partial charge in [-0.3, -0.25) is 0 Å². The Kier molecular flexibility index (Phi) is 7.05. The van der Waals surface area contributed by atoms with E-state index in [0.717, 1.165) is 23.7 Å². The van der Waals surface area contributed by atoms with Crippen molar-refractivity contribution in [3.05, 3.63) is 29.8 Å². The third-order valence-electron chi connectivity index (χ3n) is 2.39. The van der Waals surface area contributed by atoms with Crippen LogP contribution in [0.25, 0.3) is 0 Å². The van der Waals surface area contributed by atoms with Crippen LogP contribution in [0.15, 0.2) is 24.3 Å². The zero-order chi connectivity index (χ0) is 13.4. The van der Waals surface area contributed by atoms with Gasteiger partial charge in [-0.2, -0.15) is 0 Å². The summed E-state index contributed by atoms with van der Waals surface area (Å²) in [4.78, 5) is 0. The molecule has 0 bridgehead atoms. The maximum absolute atomic E-state index is 5.83. The van der Waals surface area contributed by atoms with E-state index in [1.807, 2.05) is 24.3 Å². The van der Waals surface area contributed by atoms with Crippen molar-refractivity contribution in [1.82, 2.24) is 0 Å². The van der Waals surface area contributed by atoms with Crippen LogP contribution in [0.4, 0.5) is 0 Å². The van der Waals surface area contributed by atoms with Gasteiger partial charge in [0.25, 0.3) is 0 Å². The lowest BCUT2D eigenvalue weighted by molar-refractivity contribution is 0.254. The van der Waals surface area contributed by atoms with Gasteiger partial charge in [0.2, 0.25) is 6.49 Å². The van der Waals surface area contributed by atoms with Crippen molar-refractivity contribution in [3.63, 3.8) is 0 Å². The lowest BCUT2D eigenvalue weighted by atomic mass is 10.2. The molecule has 0 amide bonds. The zero-order valence-corrected chi connectivity index (χ0v) is 12.8. The average molecular weight is 287 g/mol. The highest BCUT2D eigenvalue weighted by Crippen LogP contribution is 2.47. The van der Waals surface area contributed by atoms with Crippen molar-refractivity contribution in [2.75, 3.05) is 13.2 Å². The molecule has 0 fully saturated rings. The van der Waals surface area contributed by atoms with Gasteiger partial charge in [-0.05, 0) is 42.3 Å². The van der Waals surface area contributed by atoms with E-state index in [9.17, 15) is 0 Å². The molecule has 0 spiro atoms. The first-order valence-electron chi connectivity index (χ1n) is 6.35. The van der Waals surface area contributed by atoms with Crippen molar-refractivity contribution in [3.8, 4) is 0 Å². The van der Waals surface area contributed by atoms with Crippen molar-refractivity contribution < 1.29 is 9.05 Å². The van der Waals surface area contributed by atoms with E-state index in [1.165, 1.54) is 0 Å². The summed E-state index contributed by atoms with van der Waals surface area (Å²) in [7, 11) is 0. The fourth-order valence-corrected chi connectivity index (χ4v) is 4.06. The van der Waals surface area contributed by atoms with Crippen LogP contribution in [0.5, 0.6) is 0 Å². The van der Waals surface area contributed by atoms with Gasteiger partial charge in [0.1, 0.15) is 0 Å². The monoisotopic (exact) mass is 287 g/mol. The van der Waals surface area contributed by atoms with Gasteiger partial charge in [-0.25, -0.2) is 0 Å². The molecule has 0 saturated heterocycles. The SMILES string of the molecule is CCCOP(=S)(OCCC)c1cccc(CN)c1. The third-order valence-corrected chi connectivity index (χ3v) is 5.61. The maximum Gasteiger partial charge on any atom is 0.219 e. The van der Waals surface area contributed by atoms with Crippen molar-refractivity contribution in [2.24, 2.45) is 5.73 Å². The minimum absolute atomic E-state index is 0.505. The number of benzene rings is 1. The first-order valence-corrected chi connectivity index (χ1v) is 8.98. The van der Waals surface area contributed by atoms with E-state index < -0.39 is 6.49 Å². The molecule has 102 valence electrons. The predicted molar refractivity (Wildman–Crippen MR) is 80.7 cm³/mol. The Hall–Kier alpha value is -0.250. The molecule has 0 radical (unpaired) electrons. The van der Waals surface area contributed by atoms with Crippen LogP contribution in [0.3, 0.4) is 0 Å². The Bertz CT molecular complexity index is 400. The summed E-state index contributed by atoms with van der Waals surface area (Å²) >= 11 is 5.63. The second kappa shape index (κ2) is 8.03. The van der Waals surface area contributed by atoms with Crippen molar-refractivity contribution in [2.45, 2.75) is 33.2 Å². The van der Waals surface area contributed by atoms with Crippen LogP contribution in [-0.2, 0) is 27.4 Å². The molecule has 0 aromatic heterocycles. The van der Waals surface area contributed by atoms with Gasteiger partial charge in [-0.15, -0.1) is 0 Å². The summed E-state index contributed by atoms with van der Waals surface area (Å²) in [6, 6.07) is 7.93. The second-order valence-corrected chi connectivity index (χ2v) is 7.51. The highest BCUT2D eigenvalue weighted by Gasteiger charge is 2.21. The summed E-state index contributed by atoms with van der Waals surface area (Å²) in [6.45, 7) is 3.53. The summed E-state index contributed by atoms with van der Waals surface area (Å²) in [6.07, 6.45) is 1.87. The molecular weight excluding hydrogens is 265 g/mol. The molecule has 0 heterocycles. The molecule has 0 atom stereocenters. The Labute approximate surface area is 115 Å². The normalized spacial score (nSPS) is 11.7. The number of hydrogen-bond acceptors (Lipinski definition) is 4. The summed E-state index contributed by atoms with van der Waals surface area (Å²) in [5.41, 5.74) is 6.72. The Balaban J connectivity index is 2.96. The number of rotatable bonds is 8. The molecule has 1 aromatic rings. The van der Waals surface area contributed by atoms with E-state index in [1.54, 1.807) is 0 Å². The van der Waals surface area contributed by atoms with Gasteiger partial charge >= 0.3 is 0 Å². The van der Waals surface area contributed by atoms with Crippen LogP contribution in [-0.4, -0.2) is 13.2 Å². The van der Waals surface area contributed by atoms with E-state index in [2.05, 4.69) is 13.8 Å². The van der Waals surface area contributed by atoms with Gasteiger partial charge in [0.05, 0.1) is 13.2 Å². The summed E-state index contributed by atoms with van der Waals surface area (Å²) in [5.74, 6) is 0. The predicted octanol–water partition coefficient (Wildman–Crippen LogP) is 2.93. The van der Waals surface area contributed by atoms with Crippen LogP contribution < -0.4 is 11.0 Å². The van der Waals surface area contributed by atoms with Gasteiger partial charge < -0.3 is 14.8 Å². The first kappa shape index (κ1) is 15.8. The smallest absolute Gasteiger partial charge is 0.219 e. The summed E-state index contributed by atoms with van der Waals surface area (Å²) < 4.78 is 11.7. The first-order chi connectivity index (χ1) is 8.66. The van der Waals surface area contributed by atoms with Gasteiger partial charge in [0.15, 0.2) is 0 Å². The largest absolute Gasteiger partial charge is 0.326 e. The van der Waals surface area contributed by atoms with E-state index in [0.29, 0.717) is 19.8 Å². The van der Waals surface area contributed by atoms with E-state index in [-0.39, 0.29) is 0 Å². The molecule has 18 heavy (non-hydrogen) atoms. The second-order valence-electron chi connectivity index (χ2n) is 4.04. The number of hydrogen-bond donors (Lipinski definition) is 1. The number of nitrogens with two attached hydrogens (primary N) is 1. The van der Waals surface area contributed by atoms with Gasteiger partial charge in [-0.1, -0.05) is 26.0 Å². The zero-order valence-electron chi connectivity index (χ0n) is 11.1. The van der Waals surface area contributed by atoms with Crippen molar-refractivity contribution in [1.29, 1.82) is 0 Å². The van der Waals surface area contributed by atoms with Crippen LogP contribution in [0.1, 0.15) is 32.3 Å². The Morgan fingerprint density at radius 1 is 1.17 bits per heavy atom. The lowest BCUT2D eigenvalue weighted by Gasteiger charge is -2.22. The average Bonchev–Trinajstić information content (AvgIpc) is 2.43. The van der Waals surface area contributed by atoms with Crippen molar-refractivity contribution >= 4 is 23.6 Å². The van der Waals surface area contributed by atoms with Crippen LogP contribution in [0, 0.1) is 0 Å². The Morgan fingerprint density at radius 2 is 1.78 bits per heavy atom. The molecular formula is C13H22NO2PS. The minimum Gasteiger partial charge on any atom is -0.326 e. The molecule has 0 unspecified atom stereocenters. The fourth-order valence-electron chi connectivity index (χ4n) is 1.46. The molecule has 0 aliphatic heterocycles. The molecule has 2 N–H and O–H groups in total. The maximum atomic E-state index is 5.83. The quantitative estimate of drug-likeness (QED) is 0.747. The van der Waals surface area contributed by atoms with Gasteiger partial charge in [0, 0.05) is 11.8 Å². The molecule has 5 heteroatoms. The fraction of sp³-hybridized carbons (Fsp3) is 0.538. The van der Waals surface area contributed by atoms with Crippen LogP contribution in [0.2, 0.25) is 0 Å². The standard InChI is InChI=1S/C13H22NO2PS/c1-3-8-15-17(18,16-9-4-2)13-7-5-6-12(10-13)11-14/h5-7,10H,3-4,8-9,11,14H2,1-2H3. The molecule has 0 aliphatic rings. The molecule has 1 aromatic carbocycles. The van der Waals surface area contributed by atoms with E-state index in [4.69, 9.17) is 26.6 Å². The molecule has 0 aliphatic carbocycles. The molecule has 1 rings (SSSR count). The molecule has 3 nitrogen and oxygen atoms in total. The van der Waals surface area contributed by atoms with Crippen LogP contribution >= 0.6 is 6.49 Å². The van der Waals surface area contributed by atoms with E-state index >= 15 is 0 Å². The highest BCUT2D eigenvalue weighted by molar-refractivity contribution is 8.13. The molecule has 0 saturated carbocycles. The Morgan fingerprint density at radius 3 is 2.28 bits per heavy atom. The highest BCUT2D eigenvalue weighted by atomic mass is 32.5. The summed E-state index contributed by atoms with van der Waals surface area (Å²) in [5, 5.41) is 0.961. The topological polar surface area (TPSA) is 44.5 Å².